The van der Waals surface area contributed by atoms with Crippen molar-refractivity contribution in [3.8, 4) is 0 Å². The van der Waals surface area contributed by atoms with Gasteiger partial charge in [0.25, 0.3) is 0 Å². The molecule has 2 N–H and O–H groups in total. The van der Waals surface area contributed by atoms with Crippen LogP contribution in [0.4, 0.5) is 5.82 Å². The number of rotatable bonds is 7. The Kier molecular flexibility index (Phi) is 7.96. The van der Waals surface area contributed by atoms with E-state index in [-0.39, 0.29) is 0 Å². The number of pyridine rings is 1. The lowest BCUT2D eigenvalue weighted by molar-refractivity contribution is 0.459. The molecule has 4 heterocycles. The Morgan fingerprint density at radius 1 is 1.12 bits per heavy atom. The topological polar surface area (TPSA) is 83.3 Å². The first kappa shape index (κ1) is 22.6. The average molecular weight is 439 g/mol. The molecule has 8 nitrogen and oxygen atoms in total. The second kappa shape index (κ2) is 11.3. The van der Waals surface area contributed by atoms with Crippen molar-refractivity contribution >= 4 is 11.8 Å². The van der Waals surface area contributed by atoms with Crippen molar-refractivity contribution in [1.29, 1.82) is 0 Å². The van der Waals surface area contributed by atoms with E-state index in [0.717, 1.165) is 88.1 Å². The SMILES string of the molecule is CCNC(=NCCCc1nnc2n1CCCCC2)NC1CCN(c2cccc(C)n2)CC1. The maximum atomic E-state index is 4.84. The lowest BCUT2D eigenvalue weighted by atomic mass is 10.1. The summed E-state index contributed by atoms with van der Waals surface area (Å²) in [5, 5.41) is 15.9. The maximum absolute atomic E-state index is 4.84. The summed E-state index contributed by atoms with van der Waals surface area (Å²) in [4.78, 5) is 11.9. The molecule has 0 atom stereocenters. The van der Waals surface area contributed by atoms with Crippen LogP contribution in [-0.2, 0) is 19.4 Å². The first-order chi connectivity index (χ1) is 15.7. The molecule has 8 heteroatoms. The van der Waals surface area contributed by atoms with Gasteiger partial charge in [0.05, 0.1) is 0 Å². The maximum Gasteiger partial charge on any atom is 0.191 e. The molecule has 0 aliphatic carbocycles. The predicted molar refractivity (Wildman–Crippen MR) is 129 cm³/mol. The highest BCUT2D eigenvalue weighted by atomic mass is 15.3. The molecule has 32 heavy (non-hydrogen) atoms. The van der Waals surface area contributed by atoms with Crippen LogP contribution in [0.1, 0.15) is 62.8 Å². The number of nitrogens with one attached hydrogen (secondary N) is 2. The summed E-state index contributed by atoms with van der Waals surface area (Å²) >= 11 is 0. The molecule has 2 aromatic heterocycles. The molecule has 0 spiro atoms. The zero-order valence-electron chi connectivity index (χ0n) is 19.7. The third kappa shape index (κ3) is 5.99. The van der Waals surface area contributed by atoms with Gasteiger partial charge in [0.15, 0.2) is 5.96 Å². The molecule has 2 aliphatic rings. The number of hydrogen-bond donors (Lipinski definition) is 2. The van der Waals surface area contributed by atoms with Crippen molar-refractivity contribution < 1.29 is 0 Å². The summed E-state index contributed by atoms with van der Waals surface area (Å²) in [6, 6.07) is 6.70. The largest absolute Gasteiger partial charge is 0.357 e. The molecular weight excluding hydrogens is 400 g/mol. The highest BCUT2D eigenvalue weighted by Gasteiger charge is 2.21. The van der Waals surface area contributed by atoms with Crippen LogP contribution in [0.15, 0.2) is 23.2 Å². The van der Waals surface area contributed by atoms with Crippen LogP contribution >= 0.6 is 0 Å². The number of nitrogens with zero attached hydrogens (tertiary/aromatic N) is 6. The van der Waals surface area contributed by atoms with Gasteiger partial charge in [0.1, 0.15) is 17.5 Å². The molecule has 0 amide bonds. The number of guanidine groups is 1. The number of anilines is 1. The van der Waals surface area contributed by atoms with E-state index in [9.17, 15) is 0 Å². The smallest absolute Gasteiger partial charge is 0.191 e. The minimum atomic E-state index is 0.445. The van der Waals surface area contributed by atoms with Crippen LogP contribution < -0.4 is 15.5 Å². The third-order valence-corrected chi connectivity index (χ3v) is 6.39. The Labute approximate surface area is 191 Å². The Morgan fingerprint density at radius 3 is 2.81 bits per heavy atom. The Hall–Kier alpha value is -2.64. The molecule has 2 aliphatic heterocycles. The molecule has 0 bridgehead atoms. The van der Waals surface area contributed by atoms with Crippen molar-refractivity contribution in [3.63, 3.8) is 0 Å². The van der Waals surface area contributed by atoms with Gasteiger partial charge >= 0.3 is 0 Å². The normalized spacial score (nSPS) is 17.7. The highest BCUT2D eigenvalue weighted by molar-refractivity contribution is 5.80. The summed E-state index contributed by atoms with van der Waals surface area (Å²) in [5.41, 5.74) is 1.08. The fourth-order valence-corrected chi connectivity index (χ4v) is 4.63. The molecule has 0 radical (unpaired) electrons. The fraction of sp³-hybridized carbons (Fsp3) is 0.667. The first-order valence-corrected chi connectivity index (χ1v) is 12.4. The van der Waals surface area contributed by atoms with Gasteiger partial charge in [0, 0.05) is 57.3 Å². The minimum absolute atomic E-state index is 0.445. The monoisotopic (exact) mass is 438 g/mol. The first-order valence-electron chi connectivity index (χ1n) is 12.4. The molecule has 174 valence electrons. The van der Waals surface area contributed by atoms with Crippen molar-refractivity contribution in [2.75, 3.05) is 31.1 Å². The van der Waals surface area contributed by atoms with Gasteiger partial charge in [0.2, 0.25) is 0 Å². The highest BCUT2D eigenvalue weighted by Crippen LogP contribution is 2.18. The Balaban J connectivity index is 1.24. The van der Waals surface area contributed by atoms with Crippen molar-refractivity contribution in [1.82, 2.24) is 30.4 Å². The van der Waals surface area contributed by atoms with Gasteiger partial charge in [-0.15, -0.1) is 10.2 Å². The lowest BCUT2D eigenvalue weighted by Crippen LogP contribution is -2.49. The summed E-state index contributed by atoms with van der Waals surface area (Å²) in [5.74, 6) is 4.32. The summed E-state index contributed by atoms with van der Waals surface area (Å²) in [6.45, 7) is 8.95. The third-order valence-electron chi connectivity index (χ3n) is 6.39. The number of aliphatic imine (C=N–C) groups is 1. The number of piperidine rings is 1. The molecule has 4 rings (SSSR count). The van der Waals surface area contributed by atoms with E-state index in [1.807, 2.05) is 0 Å². The van der Waals surface area contributed by atoms with Crippen LogP contribution in [0.2, 0.25) is 0 Å². The minimum Gasteiger partial charge on any atom is -0.357 e. The molecular formula is C24H38N8. The van der Waals surface area contributed by atoms with Crippen LogP contribution in [0.3, 0.4) is 0 Å². The van der Waals surface area contributed by atoms with E-state index >= 15 is 0 Å². The quantitative estimate of drug-likeness (QED) is 0.393. The summed E-state index contributed by atoms with van der Waals surface area (Å²) in [6.07, 6.45) is 8.95. The van der Waals surface area contributed by atoms with E-state index in [4.69, 9.17) is 4.99 Å². The van der Waals surface area contributed by atoms with Crippen molar-refractivity contribution in [2.45, 2.75) is 77.8 Å². The number of hydrogen-bond acceptors (Lipinski definition) is 5. The van der Waals surface area contributed by atoms with Gasteiger partial charge in [-0.3, -0.25) is 4.99 Å². The molecule has 0 aromatic carbocycles. The number of aromatic nitrogens is 4. The van der Waals surface area contributed by atoms with E-state index in [0.29, 0.717) is 6.04 Å². The Morgan fingerprint density at radius 2 is 2.00 bits per heavy atom. The second-order valence-electron chi connectivity index (χ2n) is 8.90. The zero-order chi connectivity index (χ0) is 22.2. The second-order valence-corrected chi connectivity index (χ2v) is 8.90. The molecule has 2 aromatic rings. The van der Waals surface area contributed by atoms with Gasteiger partial charge < -0.3 is 20.1 Å². The molecule has 1 fully saturated rings. The van der Waals surface area contributed by atoms with Gasteiger partial charge in [-0.2, -0.15) is 0 Å². The van der Waals surface area contributed by atoms with E-state index in [1.165, 1.54) is 25.1 Å². The zero-order valence-corrected chi connectivity index (χ0v) is 19.7. The van der Waals surface area contributed by atoms with E-state index in [2.05, 4.69) is 67.3 Å². The van der Waals surface area contributed by atoms with Crippen molar-refractivity contribution in [3.05, 3.63) is 35.5 Å². The molecule has 0 unspecified atom stereocenters. The number of fused-ring (bicyclic) bond motifs is 1. The predicted octanol–water partition coefficient (Wildman–Crippen LogP) is 2.86. The van der Waals surface area contributed by atoms with Crippen LogP contribution in [-0.4, -0.2) is 57.9 Å². The molecule has 1 saturated heterocycles. The average Bonchev–Trinajstić information content (AvgIpc) is 3.03. The van der Waals surface area contributed by atoms with E-state index < -0.39 is 0 Å². The summed E-state index contributed by atoms with van der Waals surface area (Å²) < 4.78 is 2.34. The number of aryl methyl sites for hydroxylation is 3. The van der Waals surface area contributed by atoms with Gasteiger partial charge in [-0.05, 0) is 58.1 Å². The van der Waals surface area contributed by atoms with Gasteiger partial charge in [-0.1, -0.05) is 12.5 Å². The lowest BCUT2D eigenvalue weighted by Gasteiger charge is -2.34. The summed E-state index contributed by atoms with van der Waals surface area (Å²) in [7, 11) is 0. The fourth-order valence-electron chi connectivity index (χ4n) is 4.63. The van der Waals surface area contributed by atoms with Crippen LogP contribution in [0, 0.1) is 6.92 Å². The van der Waals surface area contributed by atoms with Crippen molar-refractivity contribution in [2.24, 2.45) is 4.99 Å². The van der Waals surface area contributed by atoms with Crippen LogP contribution in [0.25, 0.3) is 0 Å². The van der Waals surface area contributed by atoms with Crippen LogP contribution in [0.5, 0.6) is 0 Å². The van der Waals surface area contributed by atoms with E-state index in [1.54, 1.807) is 0 Å². The standard InChI is InChI=1S/C24H38N8/c1-3-25-24(26-15-8-12-23-30-29-22-10-5-4-6-16-32(22)23)28-20-13-17-31(18-14-20)21-11-7-9-19(2)27-21/h7,9,11,20H,3-6,8,10,12-18H2,1-2H3,(H2,25,26,28). The molecule has 0 saturated carbocycles. The van der Waals surface area contributed by atoms with Gasteiger partial charge in [-0.25, -0.2) is 4.98 Å². The Bertz CT molecular complexity index is 882.